The van der Waals surface area contributed by atoms with E-state index in [4.69, 9.17) is 4.74 Å². The molecule has 0 bridgehead atoms. The first-order valence-electron chi connectivity index (χ1n) is 6.02. The van der Waals surface area contributed by atoms with Gasteiger partial charge in [0.25, 0.3) is 0 Å². The first kappa shape index (κ1) is 14.1. The summed E-state index contributed by atoms with van der Waals surface area (Å²) >= 11 is 0. The fourth-order valence-electron chi connectivity index (χ4n) is 2.09. The summed E-state index contributed by atoms with van der Waals surface area (Å²) in [5.74, 6) is -0.445. The van der Waals surface area contributed by atoms with Crippen LogP contribution in [0.25, 0.3) is 0 Å². The van der Waals surface area contributed by atoms with Crippen LogP contribution in [0.2, 0.25) is 0 Å². The number of hydrogen-bond donors (Lipinski definition) is 1. The van der Waals surface area contributed by atoms with Crippen LogP contribution >= 0.6 is 0 Å². The Morgan fingerprint density at radius 2 is 2.00 bits per heavy atom. The maximum Gasteiger partial charge on any atom is 0.141 e. The van der Waals surface area contributed by atoms with Crippen LogP contribution in [0.3, 0.4) is 0 Å². The Bertz CT molecular complexity index is 353. The van der Waals surface area contributed by atoms with E-state index < -0.39 is 17.5 Å². The fraction of sp³-hybridized carbons (Fsp3) is 0.615. The molecule has 0 amide bonds. The molecule has 1 aromatic rings. The van der Waals surface area contributed by atoms with Gasteiger partial charge in [-0.25, -0.2) is 4.39 Å². The van der Waals surface area contributed by atoms with E-state index in [0.29, 0.717) is 25.0 Å². The van der Waals surface area contributed by atoms with E-state index in [9.17, 15) is 9.50 Å². The molecular weight excluding hydrogens is 221 g/mol. The average Bonchev–Trinajstić information content (AvgIpc) is 2.35. The van der Waals surface area contributed by atoms with Gasteiger partial charge in [-0.15, -0.1) is 0 Å². The Morgan fingerprint density at radius 1 is 1.35 bits per heavy atom. The van der Waals surface area contributed by atoms with Crippen LogP contribution in [0, 0.1) is 5.82 Å². The van der Waals surface area contributed by atoms with Gasteiger partial charge < -0.3 is 9.84 Å². The Labute approximate surface area is 102 Å². The highest BCUT2D eigenvalue weighted by Crippen LogP contribution is 2.35. The van der Waals surface area contributed by atoms with Gasteiger partial charge in [0.05, 0.1) is 11.8 Å². The van der Waals surface area contributed by atoms with E-state index in [1.807, 2.05) is 20.8 Å². The molecule has 1 unspecified atom stereocenters. The highest BCUT2D eigenvalue weighted by Gasteiger charge is 2.36. The number of aromatic nitrogens is 1. The molecule has 0 spiro atoms. The molecule has 3 nitrogen and oxygen atoms in total. The molecule has 1 heterocycles. The van der Waals surface area contributed by atoms with E-state index in [1.54, 1.807) is 0 Å². The minimum absolute atomic E-state index is 0.445. The van der Waals surface area contributed by atoms with Crippen molar-refractivity contribution in [2.24, 2.45) is 0 Å². The maximum atomic E-state index is 13.1. The molecule has 0 aliphatic rings. The highest BCUT2D eigenvalue weighted by molar-refractivity contribution is 5.17. The van der Waals surface area contributed by atoms with Crippen molar-refractivity contribution in [3.05, 3.63) is 29.8 Å². The summed E-state index contributed by atoms with van der Waals surface area (Å²) < 4.78 is 18.8. The number of halogens is 1. The lowest BCUT2D eigenvalue weighted by atomic mass is 9.86. The third-order valence-electron chi connectivity index (χ3n) is 3.17. The van der Waals surface area contributed by atoms with Crippen LogP contribution in [0.5, 0.6) is 0 Å². The molecule has 0 radical (unpaired) electrons. The number of hydrogen-bond acceptors (Lipinski definition) is 3. The second-order valence-corrected chi connectivity index (χ2v) is 4.04. The van der Waals surface area contributed by atoms with Gasteiger partial charge in [-0.05, 0) is 25.8 Å². The molecule has 0 saturated carbocycles. The minimum Gasteiger partial charge on any atom is -0.385 e. The van der Waals surface area contributed by atoms with Crippen molar-refractivity contribution >= 4 is 0 Å². The molecule has 0 fully saturated rings. The van der Waals surface area contributed by atoms with Crippen molar-refractivity contribution in [3.63, 3.8) is 0 Å². The molecule has 1 rings (SSSR count). The average molecular weight is 241 g/mol. The number of aliphatic hydroxyl groups excluding tert-OH is 1. The standard InChI is InChI=1S/C13H20FNO2/c1-4-13(5-2,17-6-3)12(16)10-7-11(14)9-15-8-10/h7-9,12,16H,4-6H2,1-3H3. The summed E-state index contributed by atoms with van der Waals surface area (Å²) in [7, 11) is 0. The molecule has 0 saturated heterocycles. The summed E-state index contributed by atoms with van der Waals surface area (Å²) in [4.78, 5) is 3.76. The summed E-state index contributed by atoms with van der Waals surface area (Å²) in [5, 5.41) is 10.4. The fourth-order valence-corrected chi connectivity index (χ4v) is 2.09. The van der Waals surface area contributed by atoms with Crippen LogP contribution in [0.4, 0.5) is 4.39 Å². The van der Waals surface area contributed by atoms with E-state index in [0.717, 1.165) is 6.20 Å². The number of nitrogens with zero attached hydrogens (tertiary/aromatic N) is 1. The first-order chi connectivity index (χ1) is 8.09. The van der Waals surface area contributed by atoms with Crippen molar-refractivity contribution in [2.45, 2.75) is 45.3 Å². The lowest BCUT2D eigenvalue weighted by Gasteiger charge is -2.36. The number of pyridine rings is 1. The van der Waals surface area contributed by atoms with Crippen LogP contribution in [0.1, 0.15) is 45.3 Å². The normalized spacial score (nSPS) is 13.7. The number of aliphatic hydroxyl groups is 1. The van der Waals surface area contributed by atoms with Crippen molar-refractivity contribution < 1.29 is 14.2 Å². The topological polar surface area (TPSA) is 42.4 Å². The van der Waals surface area contributed by atoms with Crippen molar-refractivity contribution in [1.29, 1.82) is 0 Å². The largest absolute Gasteiger partial charge is 0.385 e. The number of ether oxygens (including phenoxy) is 1. The van der Waals surface area contributed by atoms with Gasteiger partial charge in [-0.1, -0.05) is 13.8 Å². The second kappa shape index (κ2) is 6.07. The summed E-state index contributed by atoms with van der Waals surface area (Å²) in [6, 6.07) is 1.30. The molecule has 17 heavy (non-hydrogen) atoms. The number of rotatable bonds is 6. The summed E-state index contributed by atoms with van der Waals surface area (Å²) in [5.41, 5.74) is -0.202. The zero-order valence-electron chi connectivity index (χ0n) is 10.6. The van der Waals surface area contributed by atoms with Crippen LogP contribution in [-0.4, -0.2) is 22.3 Å². The van der Waals surface area contributed by atoms with Crippen LogP contribution < -0.4 is 0 Å². The molecular formula is C13H20FNO2. The molecule has 0 aromatic carbocycles. The third-order valence-corrected chi connectivity index (χ3v) is 3.17. The van der Waals surface area contributed by atoms with Crippen molar-refractivity contribution in [3.8, 4) is 0 Å². The third kappa shape index (κ3) is 3.01. The zero-order valence-corrected chi connectivity index (χ0v) is 10.6. The molecule has 0 aliphatic heterocycles. The van der Waals surface area contributed by atoms with Gasteiger partial charge in [-0.2, -0.15) is 0 Å². The maximum absolute atomic E-state index is 13.1. The van der Waals surface area contributed by atoms with E-state index >= 15 is 0 Å². The van der Waals surface area contributed by atoms with Gasteiger partial charge in [0, 0.05) is 18.4 Å². The van der Waals surface area contributed by atoms with Gasteiger partial charge in [-0.3, -0.25) is 4.98 Å². The Kier molecular flexibility index (Phi) is 5.02. The molecule has 0 aliphatic carbocycles. The first-order valence-corrected chi connectivity index (χ1v) is 6.02. The molecule has 96 valence electrons. The zero-order chi connectivity index (χ0) is 12.9. The summed E-state index contributed by atoms with van der Waals surface area (Å²) in [6.07, 6.45) is 3.06. The molecule has 1 aromatic heterocycles. The Balaban J connectivity index is 3.02. The minimum atomic E-state index is -0.861. The monoisotopic (exact) mass is 241 g/mol. The quantitative estimate of drug-likeness (QED) is 0.832. The predicted molar refractivity (Wildman–Crippen MR) is 64.1 cm³/mol. The molecule has 1 atom stereocenters. The smallest absolute Gasteiger partial charge is 0.141 e. The van der Waals surface area contributed by atoms with E-state index in [1.165, 1.54) is 12.3 Å². The van der Waals surface area contributed by atoms with Crippen molar-refractivity contribution in [2.75, 3.05) is 6.61 Å². The SMILES string of the molecule is CCOC(CC)(CC)C(O)c1cncc(F)c1. The summed E-state index contributed by atoms with van der Waals surface area (Å²) in [6.45, 7) is 6.31. The molecule has 4 heteroatoms. The lowest BCUT2D eigenvalue weighted by Crippen LogP contribution is -2.38. The van der Waals surface area contributed by atoms with Gasteiger partial charge >= 0.3 is 0 Å². The van der Waals surface area contributed by atoms with Crippen LogP contribution in [-0.2, 0) is 4.74 Å². The van der Waals surface area contributed by atoms with E-state index in [2.05, 4.69) is 4.98 Å². The lowest BCUT2D eigenvalue weighted by molar-refractivity contribution is -0.127. The van der Waals surface area contributed by atoms with Crippen molar-refractivity contribution in [1.82, 2.24) is 4.98 Å². The Morgan fingerprint density at radius 3 is 2.47 bits per heavy atom. The van der Waals surface area contributed by atoms with Gasteiger partial charge in [0.1, 0.15) is 11.9 Å². The van der Waals surface area contributed by atoms with Crippen LogP contribution in [0.15, 0.2) is 18.5 Å². The predicted octanol–water partition coefficient (Wildman–Crippen LogP) is 2.85. The highest BCUT2D eigenvalue weighted by atomic mass is 19.1. The Hall–Kier alpha value is -1.00. The molecule has 1 N–H and O–H groups in total. The van der Waals surface area contributed by atoms with Gasteiger partial charge in [0.15, 0.2) is 0 Å². The van der Waals surface area contributed by atoms with E-state index in [-0.39, 0.29) is 0 Å². The second-order valence-electron chi connectivity index (χ2n) is 4.04. The van der Waals surface area contributed by atoms with Gasteiger partial charge in [0.2, 0.25) is 0 Å².